The molecule has 0 spiro atoms. The Morgan fingerprint density at radius 3 is 2.69 bits per heavy atom. The fourth-order valence-electron chi connectivity index (χ4n) is 3.05. The van der Waals surface area contributed by atoms with Gasteiger partial charge in [-0.15, -0.1) is 0 Å². The average molecular weight is 414 g/mol. The number of nitrogens with one attached hydrogen (secondary N) is 1. The molecule has 0 amide bonds. The molecule has 0 fully saturated rings. The zero-order chi connectivity index (χ0) is 18.3. The zero-order valence-electron chi connectivity index (χ0n) is 14.2. The maximum absolute atomic E-state index is 12.9. The Bertz CT molecular complexity index is 1180. The number of rotatable bonds is 4. The summed E-state index contributed by atoms with van der Waals surface area (Å²) in [6.07, 6.45) is 1.58. The van der Waals surface area contributed by atoms with Crippen LogP contribution in [-0.4, -0.2) is 28.8 Å². The molecule has 2 heterocycles. The maximum Gasteiger partial charge on any atom is 0.277 e. The second-order valence-corrected chi connectivity index (χ2v) is 6.82. The topological polar surface area (TPSA) is 69.1 Å². The Morgan fingerprint density at radius 2 is 1.92 bits per heavy atom. The number of hydrogen-bond donors (Lipinski definition) is 1. The molecule has 0 aliphatic carbocycles. The number of nitrogens with zero attached hydrogens (tertiary/aromatic N) is 2. The monoisotopic (exact) mass is 413 g/mol. The highest BCUT2D eigenvalue weighted by Gasteiger charge is 2.12. The van der Waals surface area contributed by atoms with Crippen LogP contribution in [-0.2, 0) is 6.54 Å². The SMILES string of the molecule is COc1ccc(Cn2cnc3c([nH]c4ccc(Br)cc43)c2=O)cc1OC. The Morgan fingerprint density at radius 1 is 1.12 bits per heavy atom. The molecular formula is C19H16BrN3O3. The minimum atomic E-state index is -0.114. The summed E-state index contributed by atoms with van der Waals surface area (Å²) in [5.41, 5.74) is 2.87. The molecule has 7 heteroatoms. The number of benzene rings is 2. The number of fused-ring (bicyclic) bond motifs is 3. The summed E-state index contributed by atoms with van der Waals surface area (Å²) in [6, 6.07) is 11.4. The van der Waals surface area contributed by atoms with Gasteiger partial charge in [0, 0.05) is 15.4 Å². The van der Waals surface area contributed by atoms with Crippen LogP contribution in [0, 0.1) is 0 Å². The molecule has 0 bridgehead atoms. The third-order valence-electron chi connectivity index (χ3n) is 4.34. The van der Waals surface area contributed by atoms with Crippen LogP contribution < -0.4 is 15.0 Å². The standard InChI is InChI=1S/C19H16BrN3O3/c1-25-15-6-3-11(7-16(15)26-2)9-23-10-21-17-13-8-12(20)4-5-14(13)22-18(17)19(23)24/h3-8,10,22H,9H2,1-2H3. The third kappa shape index (κ3) is 2.74. The number of ether oxygens (including phenoxy) is 2. The second-order valence-electron chi connectivity index (χ2n) is 5.91. The molecular weight excluding hydrogens is 398 g/mol. The first kappa shape index (κ1) is 16.7. The van der Waals surface area contributed by atoms with Crippen LogP contribution in [0.25, 0.3) is 21.9 Å². The van der Waals surface area contributed by atoms with E-state index >= 15 is 0 Å². The van der Waals surface area contributed by atoms with Gasteiger partial charge in [-0.3, -0.25) is 9.36 Å². The molecule has 26 heavy (non-hydrogen) atoms. The van der Waals surface area contributed by atoms with Crippen LogP contribution in [0.3, 0.4) is 0 Å². The van der Waals surface area contributed by atoms with Gasteiger partial charge in [0.15, 0.2) is 11.5 Å². The molecule has 6 nitrogen and oxygen atoms in total. The summed E-state index contributed by atoms with van der Waals surface area (Å²) < 4.78 is 13.1. The second kappa shape index (κ2) is 6.49. The average Bonchev–Trinajstić information content (AvgIpc) is 3.02. The van der Waals surface area contributed by atoms with Crippen molar-refractivity contribution in [1.82, 2.24) is 14.5 Å². The summed E-state index contributed by atoms with van der Waals surface area (Å²) in [5, 5.41) is 0.921. The quantitative estimate of drug-likeness (QED) is 0.553. The minimum absolute atomic E-state index is 0.114. The summed E-state index contributed by atoms with van der Waals surface area (Å²) in [5.74, 6) is 1.28. The number of methoxy groups -OCH3 is 2. The number of aromatic nitrogens is 3. The van der Waals surface area contributed by atoms with E-state index < -0.39 is 0 Å². The van der Waals surface area contributed by atoms with Crippen molar-refractivity contribution in [2.75, 3.05) is 14.2 Å². The van der Waals surface area contributed by atoms with Gasteiger partial charge in [-0.1, -0.05) is 22.0 Å². The summed E-state index contributed by atoms with van der Waals surface area (Å²) in [4.78, 5) is 20.6. The van der Waals surface area contributed by atoms with E-state index in [4.69, 9.17) is 9.47 Å². The molecule has 2 aromatic carbocycles. The van der Waals surface area contributed by atoms with Crippen LogP contribution in [0.1, 0.15) is 5.56 Å². The number of halogens is 1. The lowest BCUT2D eigenvalue weighted by molar-refractivity contribution is 0.354. The normalized spacial score (nSPS) is 11.2. The van der Waals surface area contributed by atoms with Gasteiger partial charge >= 0.3 is 0 Å². The van der Waals surface area contributed by atoms with E-state index in [0.717, 1.165) is 20.9 Å². The molecule has 0 radical (unpaired) electrons. The number of H-pyrrole nitrogens is 1. The fourth-order valence-corrected chi connectivity index (χ4v) is 3.41. The van der Waals surface area contributed by atoms with Gasteiger partial charge in [0.1, 0.15) is 11.0 Å². The minimum Gasteiger partial charge on any atom is -0.493 e. The Kier molecular flexibility index (Phi) is 4.16. The van der Waals surface area contributed by atoms with Crippen molar-refractivity contribution < 1.29 is 9.47 Å². The molecule has 0 saturated carbocycles. The molecule has 4 rings (SSSR count). The van der Waals surface area contributed by atoms with Gasteiger partial charge in [0.2, 0.25) is 0 Å². The predicted molar refractivity (Wildman–Crippen MR) is 104 cm³/mol. The van der Waals surface area contributed by atoms with Crippen molar-refractivity contribution in [1.29, 1.82) is 0 Å². The van der Waals surface area contributed by atoms with Crippen molar-refractivity contribution in [3.8, 4) is 11.5 Å². The Balaban J connectivity index is 1.79. The van der Waals surface area contributed by atoms with Gasteiger partial charge < -0.3 is 14.5 Å². The van der Waals surface area contributed by atoms with Crippen molar-refractivity contribution in [2.24, 2.45) is 0 Å². The first-order valence-electron chi connectivity index (χ1n) is 7.98. The van der Waals surface area contributed by atoms with E-state index in [1.54, 1.807) is 25.1 Å². The highest BCUT2D eigenvalue weighted by atomic mass is 79.9. The predicted octanol–water partition coefficient (Wildman–Crippen LogP) is 3.71. The summed E-state index contributed by atoms with van der Waals surface area (Å²) in [6.45, 7) is 0.390. The Labute approximate surface area is 157 Å². The molecule has 0 atom stereocenters. The highest BCUT2D eigenvalue weighted by Crippen LogP contribution is 2.28. The largest absolute Gasteiger partial charge is 0.493 e. The number of aromatic amines is 1. The van der Waals surface area contributed by atoms with E-state index in [0.29, 0.717) is 29.1 Å². The van der Waals surface area contributed by atoms with Crippen molar-refractivity contribution >= 4 is 37.9 Å². The smallest absolute Gasteiger partial charge is 0.277 e. The highest BCUT2D eigenvalue weighted by molar-refractivity contribution is 9.10. The molecule has 0 aliphatic rings. The summed E-state index contributed by atoms with van der Waals surface area (Å²) >= 11 is 3.46. The van der Waals surface area contributed by atoms with Gasteiger partial charge in [-0.2, -0.15) is 0 Å². The van der Waals surface area contributed by atoms with Gasteiger partial charge in [0.25, 0.3) is 5.56 Å². The van der Waals surface area contributed by atoms with E-state index in [1.165, 1.54) is 0 Å². The van der Waals surface area contributed by atoms with E-state index in [9.17, 15) is 4.79 Å². The fraction of sp³-hybridized carbons (Fsp3) is 0.158. The van der Waals surface area contributed by atoms with Crippen molar-refractivity contribution in [3.63, 3.8) is 0 Å². The van der Waals surface area contributed by atoms with Gasteiger partial charge in [0.05, 0.1) is 27.1 Å². The first-order chi connectivity index (χ1) is 12.6. The molecule has 2 aromatic heterocycles. The molecule has 0 aliphatic heterocycles. The van der Waals surface area contributed by atoms with Crippen molar-refractivity contribution in [3.05, 3.63) is 63.1 Å². The van der Waals surface area contributed by atoms with Crippen LogP contribution in [0.4, 0.5) is 0 Å². The van der Waals surface area contributed by atoms with Gasteiger partial charge in [-0.25, -0.2) is 4.98 Å². The third-order valence-corrected chi connectivity index (χ3v) is 4.83. The van der Waals surface area contributed by atoms with E-state index in [2.05, 4.69) is 25.9 Å². The molecule has 4 aromatic rings. The summed E-state index contributed by atoms with van der Waals surface area (Å²) in [7, 11) is 3.18. The van der Waals surface area contributed by atoms with Crippen LogP contribution in [0.2, 0.25) is 0 Å². The van der Waals surface area contributed by atoms with Crippen LogP contribution >= 0.6 is 15.9 Å². The maximum atomic E-state index is 12.9. The van der Waals surface area contributed by atoms with Gasteiger partial charge in [-0.05, 0) is 35.9 Å². The zero-order valence-corrected chi connectivity index (χ0v) is 15.8. The lowest BCUT2D eigenvalue weighted by atomic mass is 10.2. The lowest BCUT2D eigenvalue weighted by Gasteiger charge is -2.10. The van der Waals surface area contributed by atoms with E-state index in [1.807, 2.05) is 36.4 Å². The van der Waals surface area contributed by atoms with Crippen molar-refractivity contribution in [2.45, 2.75) is 6.54 Å². The molecule has 0 saturated heterocycles. The molecule has 1 N–H and O–H groups in total. The number of hydrogen-bond acceptors (Lipinski definition) is 4. The Hall–Kier alpha value is -2.80. The van der Waals surface area contributed by atoms with Crippen LogP contribution in [0.15, 0.2) is 52.0 Å². The first-order valence-corrected chi connectivity index (χ1v) is 8.77. The van der Waals surface area contributed by atoms with E-state index in [-0.39, 0.29) is 5.56 Å². The molecule has 0 unspecified atom stereocenters. The molecule has 132 valence electrons. The lowest BCUT2D eigenvalue weighted by Crippen LogP contribution is -2.21. The van der Waals surface area contributed by atoms with Crippen LogP contribution in [0.5, 0.6) is 11.5 Å².